The molecule has 0 aromatic carbocycles. The lowest BCUT2D eigenvalue weighted by Crippen LogP contribution is -2.40. The molecule has 3 atom stereocenters. The van der Waals surface area contributed by atoms with E-state index < -0.39 is 0 Å². The van der Waals surface area contributed by atoms with E-state index in [0.29, 0.717) is 6.54 Å². The zero-order valence-electron chi connectivity index (χ0n) is 11.8. The molecule has 0 spiro atoms. The quantitative estimate of drug-likeness (QED) is 0.653. The number of hydrogen-bond acceptors (Lipinski definition) is 3. The molecule has 0 aromatic rings. The van der Waals surface area contributed by atoms with Crippen LogP contribution in [0, 0.1) is 0 Å². The van der Waals surface area contributed by atoms with E-state index in [1.54, 1.807) is 0 Å². The molecule has 1 aliphatic rings. The van der Waals surface area contributed by atoms with Gasteiger partial charge < -0.3 is 15.8 Å². The predicted octanol–water partition coefficient (Wildman–Crippen LogP) is 1.97. The first-order chi connectivity index (χ1) is 8.67. The van der Waals surface area contributed by atoms with Crippen LogP contribution in [0.3, 0.4) is 0 Å². The summed E-state index contributed by atoms with van der Waals surface area (Å²) in [7, 11) is 0. The van der Waals surface area contributed by atoms with Crippen LogP contribution in [0.15, 0.2) is 0 Å². The van der Waals surface area contributed by atoms with Crippen molar-refractivity contribution < 1.29 is 9.53 Å². The molecule has 0 radical (unpaired) electrons. The summed E-state index contributed by atoms with van der Waals surface area (Å²) in [6.07, 6.45) is 7.52. The molecule has 0 bridgehead atoms. The molecule has 1 aliphatic heterocycles. The minimum atomic E-state index is -0.281. The van der Waals surface area contributed by atoms with Crippen LogP contribution in [-0.2, 0) is 9.53 Å². The fraction of sp³-hybridized carbons (Fsp3) is 0.929. The number of nitrogens with one attached hydrogen (secondary N) is 1. The van der Waals surface area contributed by atoms with Crippen LogP contribution in [-0.4, -0.2) is 30.7 Å². The Morgan fingerprint density at radius 3 is 2.78 bits per heavy atom. The van der Waals surface area contributed by atoms with Gasteiger partial charge in [-0.2, -0.15) is 0 Å². The molecule has 4 nitrogen and oxygen atoms in total. The zero-order chi connectivity index (χ0) is 13.4. The van der Waals surface area contributed by atoms with E-state index in [-0.39, 0.29) is 24.2 Å². The summed E-state index contributed by atoms with van der Waals surface area (Å²) in [6.45, 7) is 4.78. The number of amides is 1. The van der Waals surface area contributed by atoms with Gasteiger partial charge in [-0.25, -0.2) is 0 Å². The van der Waals surface area contributed by atoms with Gasteiger partial charge in [0.1, 0.15) is 6.10 Å². The number of carbonyl (C=O) groups is 1. The molecule has 1 saturated heterocycles. The second-order valence-corrected chi connectivity index (χ2v) is 5.32. The minimum Gasteiger partial charge on any atom is -0.364 e. The third kappa shape index (κ3) is 5.36. The van der Waals surface area contributed by atoms with Crippen molar-refractivity contribution in [1.29, 1.82) is 0 Å². The molecule has 0 aliphatic carbocycles. The summed E-state index contributed by atoms with van der Waals surface area (Å²) >= 11 is 0. The molecule has 1 fully saturated rings. The maximum absolute atomic E-state index is 11.9. The standard InChI is InChI=1S/C14H28N2O2/c1-3-4-5-6-7-11(2)16-14(17)13-9-8-12(10-15)18-13/h11-13H,3-10,15H2,1-2H3,(H,16,17). The molecule has 3 unspecified atom stereocenters. The lowest BCUT2D eigenvalue weighted by molar-refractivity contribution is -0.132. The second-order valence-electron chi connectivity index (χ2n) is 5.32. The molecule has 1 rings (SSSR count). The molecule has 106 valence electrons. The number of hydrogen-bond donors (Lipinski definition) is 2. The van der Waals surface area contributed by atoms with Crippen molar-refractivity contribution in [2.24, 2.45) is 5.73 Å². The summed E-state index contributed by atoms with van der Waals surface area (Å²) < 4.78 is 5.58. The lowest BCUT2D eigenvalue weighted by Gasteiger charge is -2.17. The van der Waals surface area contributed by atoms with Crippen molar-refractivity contribution in [1.82, 2.24) is 5.32 Å². The van der Waals surface area contributed by atoms with Crippen molar-refractivity contribution in [3.63, 3.8) is 0 Å². The van der Waals surface area contributed by atoms with Crippen LogP contribution in [0.4, 0.5) is 0 Å². The van der Waals surface area contributed by atoms with E-state index in [1.807, 2.05) is 0 Å². The lowest BCUT2D eigenvalue weighted by atomic mass is 10.1. The summed E-state index contributed by atoms with van der Waals surface area (Å²) in [5.74, 6) is 0.0361. The van der Waals surface area contributed by atoms with Gasteiger partial charge in [0.25, 0.3) is 0 Å². The van der Waals surface area contributed by atoms with Gasteiger partial charge in [-0.3, -0.25) is 4.79 Å². The zero-order valence-corrected chi connectivity index (χ0v) is 11.8. The summed E-state index contributed by atoms with van der Waals surface area (Å²) in [4.78, 5) is 11.9. The van der Waals surface area contributed by atoms with Crippen LogP contribution in [0.1, 0.15) is 58.8 Å². The number of ether oxygens (including phenoxy) is 1. The first-order valence-corrected chi connectivity index (χ1v) is 7.33. The number of nitrogens with two attached hydrogens (primary N) is 1. The Bertz CT molecular complexity index is 246. The fourth-order valence-corrected chi connectivity index (χ4v) is 2.36. The monoisotopic (exact) mass is 256 g/mol. The Balaban J connectivity index is 2.15. The fourth-order valence-electron chi connectivity index (χ4n) is 2.36. The van der Waals surface area contributed by atoms with Crippen molar-refractivity contribution in [2.45, 2.75) is 77.0 Å². The number of carbonyl (C=O) groups excluding carboxylic acids is 1. The smallest absolute Gasteiger partial charge is 0.249 e. The van der Waals surface area contributed by atoms with Gasteiger partial charge in [0.05, 0.1) is 6.10 Å². The number of rotatable bonds is 8. The minimum absolute atomic E-state index is 0.0361. The van der Waals surface area contributed by atoms with Gasteiger partial charge >= 0.3 is 0 Å². The Hall–Kier alpha value is -0.610. The van der Waals surface area contributed by atoms with Gasteiger partial charge in [0.2, 0.25) is 5.91 Å². The molecule has 4 heteroatoms. The average Bonchev–Trinajstić information content (AvgIpc) is 2.83. The Kier molecular flexibility index (Phi) is 7.28. The second kappa shape index (κ2) is 8.48. The van der Waals surface area contributed by atoms with E-state index >= 15 is 0 Å². The highest BCUT2D eigenvalue weighted by atomic mass is 16.5. The SMILES string of the molecule is CCCCCCC(C)NC(=O)C1CCC(CN)O1. The van der Waals surface area contributed by atoms with Crippen LogP contribution in [0.5, 0.6) is 0 Å². The van der Waals surface area contributed by atoms with Gasteiger partial charge in [0.15, 0.2) is 0 Å². The third-order valence-corrected chi connectivity index (χ3v) is 3.54. The summed E-state index contributed by atoms with van der Waals surface area (Å²) in [5.41, 5.74) is 5.53. The molecular weight excluding hydrogens is 228 g/mol. The molecule has 3 N–H and O–H groups in total. The van der Waals surface area contributed by atoms with E-state index in [9.17, 15) is 4.79 Å². The van der Waals surface area contributed by atoms with Crippen LogP contribution >= 0.6 is 0 Å². The maximum Gasteiger partial charge on any atom is 0.249 e. The normalized spacial score (nSPS) is 25.1. The van der Waals surface area contributed by atoms with Crippen molar-refractivity contribution in [3.8, 4) is 0 Å². The van der Waals surface area contributed by atoms with E-state index in [2.05, 4.69) is 19.2 Å². The molecular formula is C14H28N2O2. The highest BCUT2D eigenvalue weighted by Gasteiger charge is 2.30. The first-order valence-electron chi connectivity index (χ1n) is 7.33. The van der Waals surface area contributed by atoms with Gasteiger partial charge in [0, 0.05) is 12.6 Å². The van der Waals surface area contributed by atoms with Crippen LogP contribution in [0.2, 0.25) is 0 Å². The van der Waals surface area contributed by atoms with Gasteiger partial charge in [-0.15, -0.1) is 0 Å². The highest BCUT2D eigenvalue weighted by molar-refractivity contribution is 5.81. The predicted molar refractivity (Wildman–Crippen MR) is 73.3 cm³/mol. The highest BCUT2D eigenvalue weighted by Crippen LogP contribution is 2.19. The molecule has 1 amide bonds. The van der Waals surface area contributed by atoms with Crippen molar-refractivity contribution in [3.05, 3.63) is 0 Å². The van der Waals surface area contributed by atoms with Crippen molar-refractivity contribution >= 4 is 5.91 Å². The summed E-state index contributed by atoms with van der Waals surface area (Å²) in [5, 5.41) is 3.04. The molecule has 0 saturated carbocycles. The van der Waals surface area contributed by atoms with E-state index in [1.165, 1.54) is 25.7 Å². The van der Waals surface area contributed by atoms with Crippen LogP contribution < -0.4 is 11.1 Å². The number of unbranched alkanes of at least 4 members (excludes halogenated alkanes) is 3. The first kappa shape index (κ1) is 15.4. The Morgan fingerprint density at radius 2 is 2.17 bits per heavy atom. The van der Waals surface area contributed by atoms with Gasteiger partial charge in [-0.05, 0) is 26.2 Å². The Morgan fingerprint density at radius 1 is 1.39 bits per heavy atom. The average molecular weight is 256 g/mol. The Labute approximate surface area is 111 Å². The van der Waals surface area contributed by atoms with Crippen molar-refractivity contribution in [2.75, 3.05) is 6.54 Å². The summed E-state index contributed by atoms with van der Waals surface area (Å²) in [6, 6.07) is 0.245. The maximum atomic E-state index is 11.9. The molecule has 1 heterocycles. The molecule has 0 aromatic heterocycles. The van der Waals surface area contributed by atoms with E-state index in [4.69, 9.17) is 10.5 Å². The largest absolute Gasteiger partial charge is 0.364 e. The van der Waals surface area contributed by atoms with Crippen LogP contribution in [0.25, 0.3) is 0 Å². The van der Waals surface area contributed by atoms with E-state index in [0.717, 1.165) is 19.3 Å². The van der Waals surface area contributed by atoms with Gasteiger partial charge in [-0.1, -0.05) is 32.6 Å². The third-order valence-electron chi connectivity index (χ3n) is 3.54. The topological polar surface area (TPSA) is 64.4 Å². The molecule has 18 heavy (non-hydrogen) atoms.